The molecule has 1 aromatic carbocycles. The van der Waals surface area contributed by atoms with Gasteiger partial charge in [-0.15, -0.1) is 0 Å². The van der Waals surface area contributed by atoms with E-state index >= 15 is 0 Å². The Morgan fingerprint density at radius 2 is 1.97 bits per heavy atom. The highest BCUT2D eigenvalue weighted by Crippen LogP contribution is 2.62. The number of halogens is 3. The minimum Gasteiger partial charge on any atom is -0.381 e. The van der Waals surface area contributed by atoms with Gasteiger partial charge in [0, 0.05) is 19.1 Å². The van der Waals surface area contributed by atoms with Crippen molar-refractivity contribution in [2.24, 2.45) is 21.3 Å². The quantitative estimate of drug-likeness (QED) is 0.531. The molecule has 0 aromatic heterocycles. The monoisotopic (exact) mass is 475 g/mol. The largest absolute Gasteiger partial charge is 0.390 e. The van der Waals surface area contributed by atoms with E-state index in [0.717, 1.165) is 66.0 Å². The second-order valence-corrected chi connectivity index (χ2v) is 10.5. The molecule has 1 aromatic rings. The number of aryl methyl sites for hydroxylation is 1. The van der Waals surface area contributed by atoms with Crippen molar-refractivity contribution in [1.82, 2.24) is 4.90 Å². The molecule has 184 valence electrons. The number of carbonyl (C=O) groups excluding carboxylic acids is 1. The molecular formula is C26H32F3N3O2. The normalized spacial score (nSPS) is 30.8. The zero-order valence-corrected chi connectivity index (χ0v) is 19.7. The fraction of sp³-hybridized carbons (Fsp3) is 0.654. The smallest absolute Gasteiger partial charge is 0.381 e. The van der Waals surface area contributed by atoms with Gasteiger partial charge >= 0.3 is 6.18 Å². The van der Waals surface area contributed by atoms with Gasteiger partial charge in [0.25, 0.3) is 5.91 Å². The van der Waals surface area contributed by atoms with Crippen molar-refractivity contribution in [2.45, 2.75) is 82.0 Å². The van der Waals surface area contributed by atoms with Crippen LogP contribution >= 0.6 is 0 Å². The van der Waals surface area contributed by atoms with Gasteiger partial charge < -0.3 is 4.74 Å². The standard InChI is InChI=1S/C26H32F3N3O2/c1-30-23-31-26(22(33)32(23)14-13-25(27,28)29)21-15-18(6-5-17-3-4-17)7-8-19(21)16-24(26)11-9-20(34-2)10-12-24/h7-8,15,17,20H,1,3-6,9-14,16H2,2H3. The number of rotatable bonds is 6. The highest BCUT2D eigenvalue weighted by molar-refractivity contribution is 6.10. The van der Waals surface area contributed by atoms with Crippen LogP contribution in [0.15, 0.2) is 28.2 Å². The van der Waals surface area contributed by atoms with E-state index in [2.05, 4.69) is 29.9 Å². The van der Waals surface area contributed by atoms with Crippen molar-refractivity contribution in [3.05, 3.63) is 34.9 Å². The summed E-state index contributed by atoms with van der Waals surface area (Å²) in [6.45, 7) is 3.05. The number of guanidine groups is 1. The van der Waals surface area contributed by atoms with Crippen LogP contribution < -0.4 is 0 Å². The number of ether oxygens (including phenoxy) is 1. The molecule has 0 bridgehead atoms. The van der Waals surface area contributed by atoms with Gasteiger partial charge in [0.1, 0.15) is 0 Å². The molecule has 1 unspecified atom stereocenters. The fourth-order valence-corrected chi connectivity index (χ4v) is 6.37. The summed E-state index contributed by atoms with van der Waals surface area (Å²) in [4.78, 5) is 24.0. The van der Waals surface area contributed by atoms with Crippen LogP contribution in [-0.2, 0) is 27.9 Å². The van der Waals surface area contributed by atoms with E-state index in [1.165, 1.54) is 12.8 Å². The summed E-state index contributed by atoms with van der Waals surface area (Å²) < 4.78 is 44.8. The van der Waals surface area contributed by atoms with Gasteiger partial charge in [-0.2, -0.15) is 13.2 Å². The SMILES string of the molecule is C=NC1=NC2(C(=O)N1CCC(F)(F)F)c1cc(CCC3CC3)ccc1CC21CCC(OC)CC1. The van der Waals surface area contributed by atoms with Crippen LogP contribution in [0, 0.1) is 11.3 Å². The zero-order valence-electron chi connectivity index (χ0n) is 19.7. The van der Waals surface area contributed by atoms with Gasteiger partial charge in [-0.25, -0.2) is 9.98 Å². The molecule has 3 aliphatic carbocycles. The van der Waals surface area contributed by atoms with E-state index in [4.69, 9.17) is 9.73 Å². The Morgan fingerprint density at radius 3 is 2.59 bits per heavy atom. The highest BCUT2D eigenvalue weighted by atomic mass is 19.4. The first-order chi connectivity index (χ1) is 16.2. The van der Waals surface area contributed by atoms with Crippen molar-refractivity contribution < 1.29 is 22.7 Å². The third kappa shape index (κ3) is 3.88. The first-order valence-corrected chi connectivity index (χ1v) is 12.3. The summed E-state index contributed by atoms with van der Waals surface area (Å²) in [7, 11) is 1.70. The Hall–Kier alpha value is -2.22. The molecule has 0 saturated heterocycles. The summed E-state index contributed by atoms with van der Waals surface area (Å²) >= 11 is 0. The summed E-state index contributed by atoms with van der Waals surface area (Å²) in [5, 5.41) is 0. The Balaban J connectivity index is 1.56. The first kappa shape index (κ1) is 23.5. The molecule has 8 heteroatoms. The molecule has 1 aliphatic heterocycles. The van der Waals surface area contributed by atoms with E-state index in [9.17, 15) is 18.0 Å². The van der Waals surface area contributed by atoms with Crippen molar-refractivity contribution in [3.8, 4) is 0 Å². The molecule has 5 nitrogen and oxygen atoms in total. The number of nitrogens with zero attached hydrogens (tertiary/aromatic N) is 3. The molecule has 1 amide bonds. The van der Waals surface area contributed by atoms with Crippen LogP contribution in [0.2, 0.25) is 0 Å². The number of methoxy groups -OCH3 is 1. The number of fused-ring (bicyclic) bond motifs is 3. The number of amides is 1. The molecule has 4 aliphatic rings. The van der Waals surface area contributed by atoms with Gasteiger partial charge in [0.15, 0.2) is 5.54 Å². The lowest BCUT2D eigenvalue weighted by Gasteiger charge is -2.45. The Bertz CT molecular complexity index is 1010. The van der Waals surface area contributed by atoms with E-state index in [1.807, 2.05) is 0 Å². The van der Waals surface area contributed by atoms with Crippen LogP contribution in [0.4, 0.5) is 13.2 Å². The van der Waals surface area contributed by atoms with Crippen LogP contribution in [0.3, 0.4) is 0 Å². The minimum absolute atomic E-state index is 0.0127. The van der Waals surface area contributed by atoms with Gasteiger partial charge in [-0.3, -0.25) is 9.69 Å². The maximum atomic E-state index is 14.1. The number of carbonyl (C=O) groups is 1. The summed E-state index contributed by atoms with van der Waals surface area (Å²) in [6.07, 6.45) is 3.01. The molecule has 1 heterocycles. The lowest BCUT2D eigenvalue weighted by Crippen LogP contribution is -2.52. The van der Waals surface area contributed by atoms with Gasteiger partial charge in [0.2, 0.25) is 5.96 Å². The second-order valence-electron chi connectivity index (χ2n) is 10.5. The highest BCUT2D eigenvalue weighted by Gasteiger charge is 2.67. The second kappa shape index (κ2) is 8.47. The molecular weight excluding hydrogens is 443 g/mol. The predicted molar refractivity (Wildman–Crippen MR) is 124 cm³/mol. The molecule has 34 heavy (non-hydrogen) atoms. The number of hydrogen-bond donors (Lipinski definition) is 0. The van der Waals surface area contributed by atoms with Crippen LogP contribution in [-0.4, -0.2) is 49.4 Å². The zero-order chi connectivity index (χ0) is 24.1. The predicted octanol–water partition coefficient (Wildman–Crippen LogP) is 5.21. The fourth-order valence-electron chi connectivity index (χ4n) is 6.37. The maximum absolute atomic E-state index is 14.1. The molecule has 0 N–H and O–H groups in total. The number of alkyl halides is 3. The first-order valence-electron chi connectivity index (χ1n) is 12.3. The lowest BCUT2D eigenvalue weighted by molar-refractivity contribution is -0.146. The maximum Gasteiger partial charge on any atom is 0.390 e. The van der Waals surface area contributed by atoms with Crippen molar-refractivity contribution in [1.29, 1.82) is 0 Å². The van der Waals surface area contributed by atoms with Crippen molar-refractivity contribution in [2.75, 3.05) is 13.7 Å². The Labute approximate surface area is 198 Å². The molecule has 2 fully saturated rings. The average molecular weight is 476 g/mol. The topological polar surface area (TPSA) is 54.3 Å². The lowest BCUT2D eigenvalue weighted by atomic mass is 9.61. The summed E-state index contributed by atoms with van der Waals surface area (Å²) in [5.74, 6) is 0.422. The van der Waals surface area contributed by atoms with E-state index < -0.39 is 30.1 Å². The van der Waals surface area contributed by atoms with Gasteiger partial charge in [0.05, 0.1) is 12.5 Å². The summed E-state index contributed by atoms with van der Waals surface area (Å²) in [6, 6.07) is 6.36. The third-order valence-corrected chi connectivity index (χ3v) is 8.45. The summed E-state index contributed by atoms with van der Waals surface area (Å²) in [5.41, 5.74) is 1.37. The van der Waals surface area contributed by atoms with Crippen LogP contribution in [0.5, 0.6) is 0 Å². The number of benzene rings is 1. The van der Waals surface area contributed by atoms with Crippen LogP contribution in [0.1, 0.15) is 68.1 Å². The van der Waals surface area contributed by atoms with E-state index in [1.54, 1.807) is 7.11 Å². The van der Waals surface area contributed by atoms with Gasteiger partial charge in [-0.05, 0) is 74.3 Å². The molecule has 2 saturated carbocycles. The number of aliphatic imine (C=N–C) groups is 2. The van der Waals surface area contributed by atoms with Crippen LogP contribution in [0.25, 0.3) is 0 Å². The third-order valence-electron chi connectivity index (χ3n) is 8.45. The molecule has 2 spiro atoms. The van der Waals surface area contributed by atoms with Gasteiger partial charge in [-0.1, -0.05) is 31.0 Å². The molecule has 1 atom stereocenters. The molecule has 0 radical (unpaired) electrons. The van der Waals surface area contributed by atoms with E-state index in [-0.39, 0.29) is 18.0 Å². The minimum atomic E-state index is -4.37. The Morgan fingerprint density at radius 1 is 1.24 bits per heavy atom. The average Bonchev–Trinajstić information content (AvgIpc) is 3.55. The molecule has 5 rings (SSSR count). The van der Waals surface area contributed by atoms with E-state index in [0.29, 0.717) is 6.42 Å². The van der Waals surface area contributed by atoms with Crippen molar-refractivity contribution >= 4 is 18.6 Å². The van der Waals surface area contributed by atoms with Crippen molar-refractivity contribution in [3.63, 3.8) is 0 Å². The number of hydrogen-bond acceptors (Lipinski definition) is 4. The Kier molecular flexibility index (Phi) is 5.86.